The number of rotatable bonds is 4. The lowest BCUT2D eigenvalue weighted by molar-refractivity contribution is -0.143. The monoisotopic (exact) mass is 168 g/mol. The molecule has 12 heavy (non-hydrogen) atoms. The number of hydrogen-bond acceptors (Lipinski definition) is 1. The quantitative estimate of drug-likeness (QED) is 0.642. The molecule has 1 rings (SSSR count). The minimum absolute atomic E-state index is 0.0310. The summed E-state index contributed by atoms with van der Waals surface area (Å²) in [7, 11) is 2.16. The molecule has 0 bridgehead atoms. The summed E-state index contributed by atoms with van der Waals surface area (Å²) >= 11 is 0. The number of carboxylic acid groups (broad SMARTS) is 1. The Morgan fingerprint density at radius 1 is 1.50 bits per heavy atom. The van der Waals surface area contributed by atoms with Gasteiger partial charge in [-0.3, -0.25) is 4.79 Å². The molecule has 2 nitrogen and oxygen atoms in total. The first kappa shape index (κ1) is 9.62. The Balaban J connectivity index is 2.35. The molecule has 1 saturated carbocycles. The summed E-state index contributed by atoms with van der Waals surface area (Å²) in [4.78, 5) is 10.8. The highest BCUT2D eigenvalue weighted by Gasteiger charge is 2.31. The van der Waals surface area contributed by atoms with Gasteiger partial charge >= 0.3 is 5.97 Å². The van der Waals surface area contributed by atoms with Crippen LogP contribution in [-0.4, -0.2) is 18.9 Å². The van der Waals surface area contributed by atoms with Crippen molar-refractivity contribution in [2.45, 2.75) is 38.4 Å². The van der Waals surface area contributed by atoms with Gasteiger partial charge in [0.05, 0.1) is 5.92 Å². The molecule has 1 aliphatic carbocycles. The Bertz CT molecular complexity index is 159. The third kappa shape index (κ3) is 2.26. The van der Waals surface area contributed by atoms with Crippen molar-refractivity contribution in [3.8, 4) is 0 Å². The second-order valence-electron chi connectivity index (χ2n) is 3.78. The fraction of sp³-hybridized carbons (Fsp3) is 0.889. The maximum atomic E-state index is 10.8. The number of aliphatic carboxylic acids is 1. The van der Waals surface area contributed by atoms with Crippen LogP contribution in [0.3, 0.4) is 0 Å². The van der Waals surface area contributed by atoms with Gasteiger partial charge in [0.15, 0.2) is 0 Å². The van der Waals surface area contributed by atoms with E-state index in [0.29, 0.717) is 5.92 Å². The van der Waals surface area contributed by atoms with Gasteiger partial charge in [0.2, 0.25) is 0 Å². The van der Waals surface area contributed by atoms with Crippen LogP contribution in [0, 0.1) is 11.8 Å². The van der Waals surface area contributed by atoms with Crippen molar-refractivity contribution in [3.63, 3.8) is 0 Å². The van der Waals surface area contributed by atoms with Crippen LogP contribution in [0.25, 0.3) is 0 Å². The van der Waals surface area contributed by atoms with Gasteiger partial charge < -0.3 is 5.11 Å². The smallest absolute Gasteiger partial charge is 0.306 e. The summed E-state index contributed by atoms with van der Waals surface area (Å²) in [6.07, 6.45) is 6.65. The first-order valence-corrected chi connectivity index (χ1v) is 4.98. The summed E-state index contributed by atoms with van der Waals surface area (Å²) in [5.41, 5.74) is 0. The van der Waals surface area contributed by atoms with Gasteiger partial charge in [0.1, 0.15) is 7.85 Å². The molecule has 1 N–H and O–H groups in total. The molecule has 0 aromatic heterocycles. The Morgan fingerprint density at radius 2 is 2.25 bits per heavy atom. The van der Waals surface area contributed by atoms with Crippen LogP contribution in [-0.2, 0) is 4.79 Å². The fourth-order valence-corrected chi connectivity index (χ4v) is 2.17. The lowest BCUT2D eigenvalue weighted by Gasteiger charge is -2.14. The van der Waals surface area contributed by atoms with E-state index in [2.05, 4.69) is 7.85 Å². The zero-order valence-corrected chi connectivity index (χ0v) is 7.75. The largest absolute Gasteiger partial charge is 0.481 e. The highest BCUT2D eigenvalue weighted by atomic mass is 16.4. The molecule has 1 unspecified atom stereocenters. The molecule has 0 spiro atoms. The average Bonchev–Trinajstić information content (AvgIpc) is 2.48. The predicted molar refractivity (Wildman–Crippen MR) is 51.1 cm³/mol. The molecule has 1 fully saturated rings. The van der Waals surface area contributed by atoms with E-state index in [1.807, 2.05) is 0 Å². The van der Waals surface area contributed by atoms with Crippen molar-refractivity contribution in [1.29, 1.82) is 0 Å². The van der Waals surface area contributed by atoms with Gasteiger partial charge in [0.25, 0.3) is 0 Å². The van der Waals surface area contributed by atoms with E-state index in [4.69, 9.17) is 5.11 Å². The van der Waals surface area contributed by atoms with Crippen LogP contribution >= 0.6 is 0 Å². The number of carboxylic acids is 1. The van der Waals surface area contributed by atoms with Crippen LogP contribution in [0.2, 0.25) is 6.32 Å². The van der Waals surface area contributed by atoms with E-state index < -0.39 is 5.97 Å². The van der Waals surface area contributed by atoms with E-state index in [0.717, 1.165) is 25.7 Å². The first-order chi connectivity index (χ1) is 5.75. The predicted octanol–water partition coefficient (Wildman–Crippen LogP) is 1.32. The maximum Gasteiger partial charge on any atom is 0.306 e. The minimum atomic E-state index is -0.575. The van der Waals surface area contributed by atoms with Crippen LogP contribution in [0.5, 0.6) is 0 Å². The molecule has 0 saturated heterocycles. The topological polar surface area (TPSA) is 37.3 Å². The number of carbonyl (C=O) groups is 1. The SMILES string of the molecule is BCCC[C@@H]1CCCC1C(=O)O. The van der Waals surface area contributed by atoms with Gasteiger partial charge in [-0.1, -0.05) is 25.6 Å². The number of hydrogen-bond donors (Lipinski definition) is 1. The molecule has 0 amide bonds. The molecule has 0 radical (unpaired) electrons. The summed E-state index contributed by atoms with van der Waals surface area (Å²) in [6.45, 7) is 0. The zero-order chi connectivity index (χ0) is 8.97. The molecule has 0 aromatic carbocycles. The first-order valence-electron chi connectivity index (χ1n) is 4.98. The van der Waals surface area contributed by atoms with Gasteiger partial charge in [-0.2, -0.15) is 0 Å². The van der Waals surface area contributed by atoms with Crippen molar-refractivity contribution in [1.82, 2.24) is 0 Å². The lowest BCUT2D eigenvalue weighted by Crippen LogP contribution is -2.18. The van der Waals surface area contributed by atoms with Crippen LogP contribution in [0.1, 0.15) is 32.1 Å². The van der Waals surface area contributed by atoms with E-state index in [-0.39, 0.29) is 5.92 Å². The molecule has 0 aliphatic heterocycles. The standard InChI is InChI=1S/C9H17BO2/c10-6-2-4-7-3-1-5-8(7)9(11)12/h7-8H,1-6,10H2,(H,11,12)/t7-,8?/m0/s1. The van der Waals surface area contributed by atoms with Crippen molar-refractivity contribution in [3.05, 3.63) is 0 Å². The molecule has 0 aromatic rings. The van der Waals surface area contributed by atoms with Gasteiger partial charge in [-0.05, 0) is 18.8 Å². The zero-order valence-electron chi connectivity index (χ0n) is 7.75. The van der Waals surface area contributed by atoms with Crippen LogP contribution < -0.4 is 0 Å². The third-order valence-electron chi connectivity index (χ3n) is 2.90. The highest BCUT2D eigenvalue weighted by molar-refractivity contribution is 6.08. The third-order valence-corrected chi connectivity index (χ3v) is 2.90. The van der Waals surface area contributed by atoms with Crippen molar-refractivity contribution in [2.24, 2.45) is 11.8 Å². The second-order valence-corrected chi connectivity index (χ2v) is 3.78. The molecule has 2 atom stereocenters. The molecule has 68 valence electrons. The molecule has 3 heteroatoms. The molecular weight excluding hydrogens is 151 g/mol. The Morgan fingerprint density at radius 3 is 2.83 bits per heavy atom. The lowest BCUT2D eigenvalue weighted by atomic mass is 9.88. The van der Waals surface area contributed by atoms with Gasteiger partial charge in [0, 0.05) is 0 Å². The van der Waals surface area contributed by atoms with E-state index in [9.17, 15) is 4.79 Å². The highest BCUT2D eigenvalue weighted by Crippen LogP contribution is 2.35. The van der Waals surface area contributed by atoms with Gasteiger partial charge in [-0.25, -0.2) is 0 Å². The molecule has 1 aliphatic rings. The average molecular weight is 168 g/mol. The summed E-state index contributed by atoms with van der Waals surface area (Å²) in [5, 5.41) is 8.88. The Kier molecular flexibility index (Phi) is 3.64. The summed E-state index contributed by atoms with van der Waals surface area (Å²) in [6, 6.07) is 0. The van der Waals surface area contributed by atoms with Gasteiger partial charge in [-0.15, -0.1) is 0 Å². The Hall–Kier alpha value is -0.465. The minimum Gasteiger partial charge on any atom is -0.481 e. The maximum absolute atomic E-state index is 10.8. The van der Waals surface area contributed by atoms with Crippen molar-refractivity contribution in [2.75, 3.05) is 0 Å². The van der Waals surface area contributed by atoms with Crippen LogP contribution in [0.15, 0.2) is 0 Å². The normalized spacial score (nSPS) is 29.0. The fourth-order valence-electron chi connectivity index (χ4n) is 2.17. The molecule has 0 heterocycles. The summed E-state index contributed by atoms with van der Waals surface area (Å²) in [5.74, 6) is -0.132. The second kappa shape index (κ2) is 4.53. The van der Waals surface area contributed by atoms with E-state index in [1.165, 1.54) is 12.7 Å². The molecular formula is C9H17BO2. The van der Waals surface area contributed by atoms with Crippen molar-refractivity contribution < 1.29 is 9.90 Å². The Labute approximate surface area is 74.8 Å². The summed E-state index contributed by atoms with van der Waals surface area (Å²) < 4.78 is 0. The van der Waals surface area contributed by atoms with Crippen LogP contribution in [0.4, 0.5) is 0 Å². The van der Waals surface area contributed by atoms with E-state index in [1.54, 1.807) is 0 Å². The van der Waals surface area contributed by atoms with Crippen molar-refractivity contribution >= 4 is 13.8 Å². The van der Waals surface area contributed by atoms with E-state index >= 15 is 0 Å².